The van der Waals surface area contributed by atoms with Crippen molar-refractivity contribution in [2.24, 2.45) is 17.3 Å². The predicted octanol–water partition coefficient (Wildman–Crippen LogP) is 4.73. The van der Waals surface area contributed by atoms with E-state index in [4.69, 9.17) is 0 Å². The maximum atomic E-state index is 14.5. The van der Waals surface area contributed by atoms with Crippen LogP contribution in [0.15, 0.2) is 42.6 Å². The Bertz CT molecular complexity index is 2150. The van der Waals surface area contributed by atoms with Crippen LogP contribution in [-0.2, 0) is 27.2 Å². The Morgan fingerprint density at radius 2 is 1.82 bits per heavy atom. The number of halogens is 2. The third-order valence-corrected chi connectivity index (χ3v) is 13.5. The molecule has 6 heterocycles. The molecule has 4 fully saturated rings. The lowest BCUT2D eigenvalue weighted by molar-refractivity contribution is -0.134. The van der Waals surface area contributed by atoms with Gasteiger partial charge in [-0.1, -0.05) is 13.0 Å². The Kier molecular flexibility index (Phi) is 8.83. The number of benzene rings is 1. The molecule has 3 aliphatic heterocycles. The fraction of sp³-hybridized carbons (Fsp3) is 0.537. The number of hydrogen-bond acceptors (Lipinski definition) is 8. The molecule has 3 saturated heterocycles. The number of alkyl halides is 2. The van der Waals surface area contributed by atoms with Crippen LogP contribution in [0.25, 0.3) is 22.3 Å². The highest BCUT2D eigenvalue weighted by molar-refractivity contribution is 6.01. The van der Waals surface area contributed by atoms with Gasteiger partial charge in [0.05, 0.1) is 17.7 Å². The van der Waals surface area contributed by atoms with Gasteiger partial charge in [0.15, 0.2) is 0 Å². The molecule has 5 aliphatic rings. The molecule has 9 rings (SSSR count). The lowest BCUT2D eigenvalue weighted by Crippen LogP contribution is -2.55. The van der Waals surface area contributed by atoms with Crippen molar-refractivity contribution in [1.29, 1.82) is 0 Å². The molecule has 3 N–H and O–H groups in total. The van der Waals surface area contributed by atoms with Crippen molar-refractivity contribution in [2.45, 2.75) is 70.3 Å². The number of nitrogens with one attached hydrogen (secondary N) is 3. The first-order valence-corrected chi connectivity index (χ1v) is 19.8. The minimum absolute atomic E-state index is 0.0389. The van der Waals surface area contributed by atoms with Crippen LogP contribution < -0.4 is 15.1 Å². The number of pyridine rings is 1. The zero-order chi connectivity index (χ0) is 38.2. The number of anilines is 2. The van der Waals surface area contributed by atoms with E-state index < -0.39 is 17.3 Å². The number of nitrogens with zero attached hydrogens (tertiary/aromatic N) is 6. The summed E-state index contributed by atoms with van der Waals surface area (Å²) in [5.74, 6) is -2.50. The maximum Gasteiger partial charge on any atom is 0.258 e. The van der Waals surface area contributed by atoms with Gasteiger partial charge in [-0.25, -0.2) is 13.8 Å². The van der Waals surface area contributed by atoms with Crippen molar-refractivity contribution in [3.8, 4) is 11.4 Å². The molecule has 55 heavy (non-hydrogen) atoms. The molecule has 3 amide bonds. The van der Waals surface area contributed by atoms with Gasteiger partial charge in [0, 0.05) is 111 Å². The van der Waals surface area contributed by atoms with E-state index in [1.165, 1.54) is 0 Å². The predicted molar refractivity (Wildman–Crippen MR) is 205 cm³/mol. The first-order chi connectivity index (χ1) is 26.4. The molecule has 290 valence electrons. The first-order valence-electron chi connectivity index (χ1n) is 19.8. The normalized spacial score (nSPS) is 26.4. The Balaban J connectivity index is 0.762. The molecule has 4 unspecified atom stereocenters. The molecule has 14 heteroatoms. The van der Waals surface area contributed by atoms with Crippen molar-refractivity contribution in [2.75, 3.05) is 62.7 Å². The number of H-pyrrole nitrogens is 2. The van der Waals surface area contributed by atoms with E-state index in [1.54, 1.807) is 18.0 Å². The minimum atomic E-state index is -2.64. The quantitative estimate of drug-likeness (QED) is 0.220. The summed E-state index contributed by atoms with van der Waals surface area (Å²) in [5, 5.41) is 11.0. The van der Waals surface area contributed by atoms with E-state index in [9.17, 15) is 23.2 Å². The summed E-state index contributed by atoms with van der Waals surface area (Å²) < 4.78 is 29.0. The Labute approximate surface area is 319 Å². The molecule has 12 nitrogen and oxygen atoms in total. The summed E-state index contributed by atoms with van der Waals surface area (Å²) in [4.78, 5) is 54.7. The number of fused-ring (bicyclic) bond motifs is 3. The molecule has 4 atom stereocenters. The number of likely N-dealkylation sites (N-methyl/N-ethyl adjacent to an activating group) is 1. The Hall–Kier alpha value is -4.69. The van der Waals surface area contributed by atoms with Crippen LogP contribution in [-0.4, -0.2) is 113 Å². The van der Waals surface area contributed by atoms with Crippen LogP contribution in [0.4, 0.5) is 20.3 Å². The maximum absolute atomic E-state index is 14.5. The number of aromatic amines is 2. The second kappa shape index (κ2) is 13.5. The van der Waals surface area contributed by atoms with Crippen LogP contribution in [0.5, 0.6) is 0 Å². The van der Waals surface area contributed by atoms with Gasteiger partial charge in [0.25, 0.3) is 5.92 Å². The van der Waals surface area contributed by atoms with E-state index in [0.717, 1.165) is 104 Å². The molecule has 4 aromatic rings. The Morgan fingerprint density at radius 1 is 1.04 bits per heavy atom. The summed E-state index contributed by atoms with van der Waals surface area (Å²) in [7, 11) is 1.82. The molecule has 1 saturated carbocycles. The molecule has 0 radical (unpaired) electrons. The number of carbonyl (C=O) groups excluding carboxylic acids is 3. The van der Waals surface area contributed by atoms with Crippen molar-refractivity contribution >= 4 is 40.1 Å². The lowest BCUT2D eigenvalue weighted by Gasteiger charge is -2.41. The van der Waals surface area contributed by atoms with Crippen molar-refractivity contribution in [3.05, 3.63) is 59.4 Å². The first kappa shape index (κ1) is 36.0. The highest BCUT2D eigenvalue weighted by Gasteiger charge is 2.78. The average molecular weight is 754 g/mol. The van der Waals surface area contributed by atoms with Crippen LogP contribution in [0.3, 0.4) is 0 Å². The number of aromatic nitrogens is 4. The fourth-order valence-corrected chi connectivity index (χ4v) is 9.72. The lowest BCUT2D eigenvalue weighted by atomic mass is 9.87. The topological polar surface area (TPSA) is 134 Å². The summed E-state index contributed by atoms with van der Waals surface area (Å²) in [6.45, 7) is 10.0. The number of amides is 3. The number of piperazine rings is 1. The summed E-state index contributed by atoms with van der Waals surface area (Å²) in [6, 6.07) is 11.5. The van der Waals surface area contributed by atoms with Crippen LogP contribution in [0, 0.1) is 17.3 Å². The second-order valence-electron chi connectivity index (χ2n) is 16.7. The number of rotatable bonds is 8. The standard InChI is InChI=1S/C41H49F2N9O3/c1-24(39(55)49(3)28-5-4-27-18-32(45-31(27)20-28)37-30-21-34-40(2,41(34,42)43)22-33(30)47-48-37)51-16-14-50(15-17-51)23-25-9-12-52(13-10-25)35-19-26(8-11-44-35)29-6-7-36(53)46-38(29)54/h4-5,8,11,18-20,24-25,29,34,45H,6-7,9-10,12-17,21-23H2,1-3H3,(H,47,48)(H,46,53,54). The van der Waals surface area contributed by atoms with Gasteiger partial charge in [-0.3, -0.25) is 29.7 Å². The van der Waals surface area contributed by atoms with Gasteiger partial charge >= 0.3 is 0 Å². The molecule has 3 aromatic heterocycles. The minimum Gasteiger partial charge on any atom is -0.357 e. The van der Waals surface area contributed by atoms with E-state index >= 15 is 0 Å². The van der Waals surface area contributed by atoms with E-state index in [1.807, 2.05) is 50.4 Å². The third-order valence-electron chi connectivity index (χ3n) is 13.5. The molecule has 2 aliphatic carbocycles. The van der Waals surface area contributed by atoms with Crippen molar-refractivity contribution in [1.82, 2.24) is 35.3 Å². The zero-order valence-corrected chi connectivity index (χ0v) is 31.7. The number of carbonyl (C=O) groups is 3. The van der Waals surface area contributed by atoms with Gasteiger partial charge in [-0.2, -0.15) is 5.10 Å². The highest BCUT2D eigenvalue weighted by atomic mass is 19.3. The summed E-state index contributed by atoms with van der Waals surface area (Å²) >= 11 is 0. The smallest absolute Gasteiger partial charge is 0.258 e. The molecular formula is C41H49F2N9O3. The van der Waals surface area contributed by atoms with E-state index in [-0.39, 0.29) is 29.7 Å². The fourth-order valence-electron chi connectivity index (χ4n) is 9.72. The Morgan fingerprint density at radius 3 is 2.58 bits per heavy atom. The number of hydrogen-bond donors (Lipinski definition) is 3. The average Bonchev–Trinajstić information content (AvgIpc) is 3.57. The van der Waals surface area contributed by atoms with E-state index in [0.29, 0.717) is 37.3 Å². The van der Waals surface area contributed by atoms with Crippen molar-refractivity contribution in [3.63, 3.8) is 0 Å². The SMILES string of the molecule is CC(C(=O)N(C)c1ccc2cc(-c3n[nH]c4c3CC3C(F)(F)C3(C)C4)[nH]c2c1)N1CCN(CC2CCN(c3cc(C4CCC(=O)NC4=O)ccn3)CC2)CC1. The highest BCUT2D eigenvalue weighted by Crippen LogP contribution is 2.70. The second-order valence-corrected chi connectivity index (χ2v) is 16.7. The third kappa shape index (κ3) is 6.30. The van der Waals surface area contributed by atoms with Crippen LogP contribution in [0.1, 0.15) is 62.3 Å². The van der Waals surface area contributed by atoms with Crippen molar-refractivity contribution < 1.29 is 23.2 Å². The van der Waals surface area contributed by atoms with Gasteiger partial charge in [-0.15, -0.1) is 0 Å². The molecule has 1 aromatic carbocycles. The molecular weight excluding hydrogens is 705 g/mol. The summed E-state index contributed by atoms with van der Waals surface area (Å²) in [5.41, 5.74) is 4.77. The molecule has 0 bridgehead atoms. The zero-order valence-electron chi connectivity index (χ0n) is 31.7. The van der Waals surface area contributed by atoms with E-state index in [2.05, 4.69) is 40.2 Å². The van der Waals surface area contributed by atoms with Gasteiger partial charge < -0.3 is 19.7 Å². The van der Waals surface area contributed by atoms with Gasteiger partial charge in [0.2, 0.25) is 17.7 Å². The van der Waals surface area contributed by atoms with Gasteiger partial charge in [0.1, 0.15) is 11.5 Å². The van der Waals surface area contributed by atoms with Gasteiger partial charge in [-0.05, 0) is 74.4 Å². The monoisotopic (exact) mass is 753 g/mol. The largest absolute Gasteiger partial charge is 0.357 e. The van der Waals surface area contributed by atoms with Crippen LogP contribution >= 0.6 is 0 Å². The van der Waals surface area contributed by atoms with Crippen LogP contribution in [0.2, 0.25) is 0 Å². The molecule has 0 spiro atoms. The number of imide groups is 1. The number of piperidine rings is 2. The summed E-state index contributed by atoms with van der Waals surface area (Å²) in [6.07, 6.45) is 5.43.